The number of carbonyl (C=O) groups excluding carboxylic acids is 1. The Morgan fingerprint density at radius 3 is 2.69 bits per heavy atom. The molecule has 1 aromatic heterocycles. The number of para-hydroxylation sites is 1. The molecule has 9 heteroatoms. The largest absolute Gasteiger partial charge is 0.478 e. The van der Waals surface area contributed by atoms with Crippen LogP contribution in [-0.2, 0) is 0 Å². The van der Waals surface area contributed by atoms with Crippen LogP contribution in [0, 0.1) is 11.7 Å². The van der Waals surface area contributed by atoms with E-state index in [1.54, 1.807) is 24.3 Å². The van der Waals surface area contributed by atoms with Crippen LogP contribution in [0.5, 0.6) is 0 Å². The van der Waals surface area contributed by atoms with Gasteiger partial charge in [0, 0.05) is 18.7 Å². The number of carbonyl (C=O) groups is 2. The average molecular weight is 437 g/mol. The summed E-state index contributed by atoms with van der Waals surface area (Å²) >= 11 is 0. The number of aromatic nitrogens is 2. The van der Waals surface area contributed by atoms with Gasteiger partial charge in [0.1, 0.15) is 5.82 Å². The molecule has 0 bridgehead atoms. The van der Waals surface area contributed by atoms with Crippen LogP contribution in [0.1, 0.15) is 33.8 Å². The van der Waals surface area contributed by atoms with Crippen molar-refractivity contribution in [2.75, 3.05) is 29.9 Å². The molecule has 4 rings (SSSR count). The topological polar surface area (TPSA) is 124 Å². The van der Waals surface area contributed by atoms with Crippen molar-refractivity contribution in [3.63, 3.8) is 0 Å². The lowest BCUT2D eigenvalue weighted by molar-refractivity contribution is 0.0696. The number of benzene rings is 2. The highest BCUT2D eigenvalue weighted by atomic mass is 19.1. The number of nitrogens with two attached hydrogens (primary N) is 1. The molecule has 0 unspecified atom stereocenters. The van der Waals surface area contributed by atoms with Crippen LogP contribution in [0.4, 0.5) is 15.8 Å². The fraction of sp³-hybridized carbons (Fsp3) is 0.261. The zero-order valence-electron chi connectivity index (χ0n) is 17.3. The standard InChI is InChI=1S/C23H24FN5O3/c24-17-5-2-6-18(20(17)29-9-7-14(12-25)8-10-29)28-22(30)21-26-13-19(27-21)15-3-1-4-16(11-15)23(31)32/h1-6,11,13-14H,7-10,12,25H2,(H,26,27)(H,28,30)(H,31,32). The molecule has 166 valence electrons. The molecule has 0 atom stereocenters. The molecule has 1 amide bonds. The van der Waals surface area contributed by atoms with Crippen molar-refractivity contribution in [3.05, 3.63) is 65.9 Å². The van der Waals surface area contributed by atoms with Gasteiger partial charge in [0.25, 0.3) is 5.91 Å². The number of carboxylic acids is 1. The molecule has 0 radical (unpaired) electrons. The maximum atomic E-state index is 14.7. The molecule has 8 nitrogen and oxygen atoms in total. The monoisotopic (exact) mass is 437 g/mol. The number of amides is 1. The van der Waals surface area contributed by atoms with E-state index in [-0.39, 0.29) is 11.4 Å². The van der Waals surface area contributed by atoms with Crippen molar-refractivity contribution in [2.45, 2.75) is 12.8 Å². The van der Waals surface area contributed by atoms with Crippen molar-refractivity contribution in [2.24, 2.45) is 11.7 Å². The first kappa shape index (κ1) is 21.5. The smallest absolute Gasteiger partial charge is 0.335 e. The number of nitrogens with one attached hydrogen (secondary N) is 2. The Hall–Kier alpha value is -3.72. The first-order valence-electron chi connectivity index (χ1n) is 10.4. The van der Waals surface area contributed by atoms with Crippen molar-refractivity contribution in [1.82, 2.24) is 9.97 Å². The van der Waals surface area contributed by atoms with Gasteiger partial charge in [-0.3, -0.25) is 4.79 Å². The van der Waals surface area contributed by atoms with Crippen LogP contribution < -0.4 is 16.0 Å². The average Bonchev–Trinajstić information content (AvgIpc) is 3.30. The Labute approximate surface area is 184 Å². The number of hydrogen-bond acceptors (Lipinski definition) is 5. The van der Waals surface area contributed by atoms with E-state index in [1.807, 2.05) is 4.90 Å². The first-order valence-corrected chi connectivity index (χ1v) is 10.4. The number of carboxylic acid groups (broad SMARTS) is 1. The second-order valence-corrected chi connectivity index (χ2v) is 7.79. The quantitative estimate of drug-likeness (QED) is 0.469. The zero-order chi connectivity index (χ0) is 22.7. The molecule has 1 fully saturated rings. The lowest BCUT2D eigenvalue weighted by Gasteiger charge is -2.34. The summed E-state index contributed by atoms with van der Waals surface area (Å²) in [6.07, 6.45) is 3.20. The van der Waals surface area contributed by atoms with E-state index >= 15 is 0 Å². The molecule has 1 aliphatic heterocycles. The minimum Gasteiger partial charge on any atom is -0.478 e. The van der Waals surface area contributed by atoms with Gasteiger partial charge in [0.2, 0.25) is 0 Å². The molecule has 0 spiro atoms. The van der Waals surface area contributed by atoms with Gasteiger partial charge in [-0.1, -0.05) is 18.2 Å². The molecule has 2 aromatic carbocycles. The Morgan fingerprint density at radius 1 is 1.22 bits per heavy atom. The van der Waals surface area contributed by atoms with Gasteiger partial charge in [-0.05, 0) is 49.6 Å². The summed E-state index contributed by atoms with van der Waals surface area (Å²) in [7, 11) is 0. The highest BCUT2D eigenvalue weighted by molar-refractivity contribution is 6.04. The van der Waals surface area contributed by atoms with Gasteiger partial charge in [-0.2, -0.15) is 0 Å². The molecule has 0 aliphatic carbocycles. The number of anilines is 2. The van der Waals surface area contributed by atoms with E-state index < -0.39 is 17.7 Å². The third-order valence-electron chi connectivity index (χ3n) is 5.71. The molecule has 5 N–H and O–H groups in total. The summed E-state index contributed by atoms with van der Waals surface area (Å²) in [5.74, 6) is -1.50. The number of aromatic carboxylic acids is 1. The van der Waals surface area contributed by atoms with Crippen LogP contribution in [-0.4, -0.2) is 46.6 Å². The van der Waals surface area contributed by atoms with Crippen LogP contribution in [0.2, 0.25) is 0 Å². The van der Waals surface area contributed by atoms with E-state index in [4.69, 9.17) is 10.8 Å². The highest BCUT2D eigenvalue weighted by Gasteiger charge is 2.24. The Balaban J connectivity index is 1.54. The molecule has 1 saturated heterocycles. The number of H-pyrrole nitrogens is 1. The van der Waals surface area contributed by atoms with Gasteiger partial charge in [-0.25, -0.2) is 14.2 Å². The normalized spacial score (nSPS) is 14.4. The van der Waals surface area contributed by atoms with E-state index in [0.29, 0.717) is 48.2 Å². The maximum absolute atomic E-state index is 14.7. The lowest BCUT2D eigenvalue weighted by Crippen LogP contribution is -2.37. The summed E-state index contributed by atoms with van der Waals surface area (Å²) < 4.78 is 14.7. The summed E-state index contributed by atoms with van der Waals surface area (Å²) in [6, 6.07) is 10.9. The van der Waals surface area contributed by atoms with E-state index in [2.05, 4.69) is 15.3 Å². The second kappa shape index (κ2) is 9.19. The van der Waals surface area contributed by atoms with Crippen LogP contribution >= 0.6 is 0 Å². The molecule has 2 heterocycles. The minimum absolute atomic E-state index is 0.0396. The van der Waals surface area contributed by atoms with Gasteiger partial charge >= 0.3 is 5.97 Å². The van der Waals surface area contributed by atoms with Crippen molar-refractivity contribution < 1.29 is 19.1 Å². The first-order chi connectivity index (χ1) is 15.5. The zero-order valence-corrected chi connectivity index (χ0v) is 17.3. The number of piperidine rings is 1. The van der Waals surface area contributed by atoms with Crippen molar-refractivity contribution in [1.29, 1.82) is 0 Å². The fourth-order valence-corrected chi connectivity index (χ4v) is 3.91. The van der Waals surface area contributed by atoms with E-state index in [0.717, 1.165) is 12.8 Å². The number of imidazole rings is 1. The van der Waals surface area contributed by atoms with Crippen molar-refractivity contribution >= 4 is 23.3 Å². The molecule has 3 aromatic rings. The maximum Gasteiger partial charge on any atom is 0.335 e. The number of aromatic amines is 1. The number of nitrogens with zero attached hydrogens (tertiary/aromatic N) is 2. The van der Waals surface area contributed by atoms with Gasteiger partial charge in [-0.15, -0.1) is 0 Å². The Bertz CT molecular complexity index is 1140. The highest BCUT2D eigenvalue weighted by Crippen LogP contribution is 2.32. The number of hydrogen-bond donors (Lipinski definition) is 4. The predicted octanol–water partition coefficient (Wildman–Crippen LogP) is 3.34. The molecule has 0 saturated carbocycles. The summed E-state index contributed by atoms with van der Waals surface area (Å²) in [4.78, 5) is 33.0. The van der Waals surface area contributed by atoms with Gasteiger partial charge in [0.15, 0.2) is 5.82 Å². The number of halogens is 1. The molecular weight excluding hydrogens is 413 g/mol. The summed E-state index contributed by atoms with van der Waals surface area (Å²) in [6.45, 7) is 1.94. The van der Waals surface area contributed by atoms with Crippen LogP contribution in [0.3, 0.4) is 0 Å². The van der Waals surface area contributed by atoms with Gasteiger partial charge in [0.05, 0.1) is 28.8 Å². The Kier molecular flexibility index (Phi) is 6.18. The number of rotatable bonds is 6. The minimum atomic E-state index is -1.04. The third-order valence-corrected chi connectivity index (χ3v) is 5.71. The summed E-state index contributed by atoms with van der Waals surface area (Å²) in [5, 5.41) is 11.9. The lowest BCUT2D eigenvalue weighted by atomic mass is 9.96. The Morgan fingerprint density at radius 2 is 1.97 bits per heavy atom. The molecule has 1 aliphatic rings. The van der Waals surface area contributed by atoms with Crippen LogP contribution in [0.25, 0.3) is 11.3 Å². The molecule has 32 heavy (non-hydrogen) atoms. The summed E-state index contributed by atoms with van der Waals surface area (Å²) in [5.41, 5.74) is 7.70. The van der Waals surface area contributed by atoms with Crippen LogP contribution in [0.15, 0.2) is 48.7 Å². The second-order valence-electron chi connectivity index (χ2n) is 7.79. The van der Waals surface area contributed by atoms with E-state index in [1.165, 1.54) is 24.4 Å². The fourth-order valence-electron chi connectivity index (χ4n) is 3.91. The van der Waals surface area contributed by atoms with E-state index in [9.17, 15) is 14.0 Å². The predicted molar refractivity (Wildman–Crippen MR) is 119 cm³/mol. The van der Waals surface area contributed by atoms with Gasteiger partial charge < -0.3 is 26.0 Å². The molecular formula is C23H24FN5O3. The third kappa shape index (κ3) is 4.47. The SMILES string of the molecule is NCC1CCN(c2c(F)cccc2NC(=O)c2ncc(-c3cccc(C(=O)O)c3)[nH]2)CC1. The van der Waals surface area contributed by atoms with Crippen molar-refractivity contribution in [3.8, 4) is 11.3 Å².